The van der Waals surface area contributed by atoms with E-state index >= 15 is 0 Å². The summed E-state index contributed by atoms with van der Waals surface area (Å²) < 4.78 is 33.8. The Morgan fingerprint density at radius 1 is 1.18 bits per heavy atom. The van der Waals surface area contributed by atoms with Gasteiger partial charge in [0.25, 0.3) is 0 Å². The number of nitrogens with two attached hydrogens (primary N) is 1. The molecule has 2 N–H and O–H groups in total. The molecule has 0 bridgehead atoms. The third-order valence-corrected chi connectivity index (χ3v) is 7.02. The van der Waals surface area contributed by atoms with Crippen LogP contribution in [0.4, 0.5) is 0 Å². The molecule has 1 aromatic heterocycles. The molecule has 0 atom stereocenters. The third-order valence-electron chi connectivity index (χ3n) is 5.21. The lowest BCUT2D eigenvalue weighted by molar-refractivity contribution is 0.0840. The van der Waals surface area contributed by atoms with Crippen LogP contribution >= 0.6 is 0 Å². The maximum Gasteiger partial charge on any atom is 0.250 e. The highest BCUT2D eigenvalue weighted by molar-refractivity contribution is 7.91. The maximum atomic E-state index is 13.2. The van der Waals surface area contributed by atoms with Gasteiger partial charge in [-0.1, -0.05) is 12.1 Å². The Morgan fingerprint density at radius 2 is 1.89 bits per heavy atom. The average Bonchev–Trinajstić information content (AvgIpc) is 3.03. The summed E-state index contributed by atoms with van der Waals surface area (Å²) in [6, 6.07) is 10.9. The Bertz CT molecular complexity index is 1160. The van der Waals surface area contributed by atoms with Crippen molar-refractivity contribution in [2.24, 2.45) is 12.8 Å². The molecule has 1 aliphatic rings. The number of primary amides is 1. The number of nitrogens with zero attached hydrogens (tertiary/aromatic N) is 2. The van der Waals surface area contributed by atoms with Crippen molar-refractivity contribution in [3.8, 4) is 0 Å². The number of carbonyl (C=O) groups excluding carboxylic acids is 1. The standard InChI is InChI=1S/C20H21N3O4S/c1-23-19(13-8-10-27-11-9-13)16-12-14(6-7-17(16)22-23)28(25,26)18-5-3-2-4-15(18)20(21)24/h2-7,12-13H,8-11H2,1H3,(H2,21,24). The molecule has 28 heavy (non-hydrogen) atoms. The van der Waals surface area contributed by atoms with Gasteiger partial charge in [-0.2, -0.15) is 5.10 Å². The lowest BCUT2D eigenvalue weighted by Gasteiger charge is -2.22. The first kappa shape index (κ1) is 18.6. The summed E-state index contributed by atoms with van der Waals surface area (Å²) in [4.78, 5) is 11.7. The van der Waals surface area contributed by atoms with Gasteiger partial charge in [-0.25, -0.2) is 8.42 Å². The molecule has 1 fully saturated rings. The number of ether oxygens (including phenoxy) is 1. The number of benzene rings is 2. The highest BCUT2D eigenvalue weighted by Gasteiger charge is 2.26. The lowest BCUT2D eigenvalue weighted by Crippen LogP contribution is -2.17. The SMILES string of the molecule is Cn1nc2ccc(S(=O)(=O)c3ccccc3C(N)=O)cc2c1C1CCOCC1. The van der Waals surface area contributed by atoms with Crippen molar-refractivity contribution >= 4 is 26.6 Å². The van der Waals surface area contributed by atoms with Crippen molar-refractivity contribution in [1.29, 1.82) is 0 Å². The molecule has 1 aliphatic heterocycles. The van der Waals surface area contributed by atoms with E-state index in [9.17, 15) is 13.2 Å². The van der Waals surface area contributed by atoms with Gasteiger partial charge in [-0.3, -0.25) is 9.48 Å². The van der Waals surface area contributed by atoms with Crippen LogP contribution in [0.25, 0.3) is 10.9 Å². The number of carbonyl (C=O) groups is 1. The van der Waals surface area contributed by atoms with E-state index in [1.165, 1.54) is 18.2 Å². The van der Waals surface area contributed by atoms with E-state index in [4.69, 9.17) is 10.5 Å². The van der Waals surface area contributed by atoms with Gasteiger partial charge in [0.1, 0.15) is 0 Å². The third kappa shape index (κ3) is 3.08. The molecule has 0 unspecified atom stereocenters. The van der Waals surface area contributed by atoms with Crippen molar-refractivity contribution < 1.29 is 17.9 Å². The molecule has 7 nitrogen and oxygen atoms in total. The predicted octanol–water partition coefficient (Wildman–Crippen LogP) is 2.40. The van der Waals surface area contributed by atoms with E-state index in [1.54, 1.807) is 24.3 Å². The van der Waals surface area contributed by atoms with E-state index < -0.39 is 15.7 Å². The van der Waals surface area contributed by atoms with Gasteiger partial charge in [-0.05, 0) is 43.2 Å². The van der Waals surface area contributed by atoms with Gasteiger partial charge in [0, 0.05) is 37.3 Å². The molecule has 2 aromatic carbocycles. The number of fused-ring (bicyclic) bond motifs is 1. The van der Waals surface area contributed by atoms with Crippen LogP contribution in [0.1, 0.15) is 34.8 Å². The van der Waals surface area contributed by atoms with E-state index in [0.29, 0.717) is 13.2 Å². The van der Waals surface area contributed by atoms with Crippen LogP contribution in [0, 0.1) is 0 Å². The Balaban J connectivity index is 1.87. The molecule has 1 amide bonds. The number of rotatable bonds is 4. The quantitative estimate of drug-likeness (QED) is 0.725. The molecule has 8 heteroatoms. The minimum absolute atomic E-state index is 0.0153. The summed E-state index contributed by atoms with van der Waals surface area (Å²) in [5.74, 6) is -0.510. The number of aryl methyl sites for hydroxylation is 1. The second kappa shape index (κ2) is 7.03. The van der Waals surface area contributed by atoms with Gasteiger partial charge >= 0.3 is 0 Å². The second-order valence-electron chi connectivity index (χ2n) is 6.94. The molecule has 146 valence electrons. The van der Waals surface area contributed by atoms with Crippen LogP contribution in [0.3, 0.4) is 0 Å². The van der Waals surface area contributed by atoms with E-state index in [2.05, 4.69) is 5.10 Å². The zero-order valence-electron chi connectivity index (χ0n) is 15.5. The van der Waals surface area contributed by atoms with Gasteiger partial charge in [0.2, 0.25) is 15.7 Å². The molecule has 2 heterocycles. The van der Waals surface area contributed by atoms with Crippen LogP contribution < -0.4 is 5.73 Å². The maximum absolute atomic E-state index is 13.2. The smallest absolute Gasteiger partial charge is 0.250 e. The van der Waals surface area contributed by atoms with Crippen molar-refractivity contribution in [3.05, 3.63) is 53.7 Å². The topological polar surface area (TPSA) is 104 Å². The molecule has 1 saturated heterocycles. The lowest BCUT2D eigenvalue weighted by atomic mass is 9.94. The minimum atomic E-state index is -3.91. The number of hydrogen-bond acceptors (Lipinski definition) is 5. The Labute approximate surface area is 163 Å². The normalized spacial score (nSPS) is 15.8. The molecule has 0 saturated carbocycles. The van der Waals surface area contributed by atoms with Crippen molar-refractivity contribution in [1.82, 2.24) is 9.78 Å². The fourth-order valence-electron chi connectivity index (χ4n) is 3.85. The number of sulfone groups is 1. The molecule has 4 rings (SSSR count). The highest BCUT2D eigenvalue weighted by Crippen LogP contribution is 2.34. The summed E-state index contributed by atoms with van der Waals surface area (Å²) in [5, 5.41) is 5.35. The van der Waals surface area contributed by atoms with Gasteiger partial charge in [0.05, 0.1) is 20.9 Å². The summed E-state index contributed by atoms with van der Waals surface area (Å²) in [6.45, 7) is 1.36. The second-order valence-corrected chi connectivity index (χ2v) is 8.86. The van der Waals surface area contributed by atoms with E-state index in [-0.39, 0.29) is 21.3 Å². The summed E-state index contributed by atoms with van der Waals surface area (Å²) in [5.41, 5.74) is 7.12. The van der Waals surface area contributed by atoms with Crippen LogP contribution in [0.2, 0.25) is 0 Å². The van der Waals surface area contributed by atoms with Crippen LogP contribution in [-0.2, 0) is 21.6 Å². The largest absolute Gasteiger partial charge is 0.381 e. The molecule has 0 spiro atoms. The van der Waals surface area contributed by atoms with Crippen LogP contribution in [0.5, 0.6) is 0 Å². The number of amides is 1. The first-order valence-corrected chi connectivity index (χ1v) is 10.6. The van der Waals surface area contributed by atoms with Gasteiger partial charge in [-0.15, -0.1) is 0 Å². The summed E-state index contributed by atoms with van der Waals surface area (Å²) >= 11 is 0. The van der Waals surface area contributed by atoms with Gasteiger partial charge < -0.3 is 10.5 Å². The first-order chi connectivity index (χ1) is 13.4. The van der Waals surface area contributed by atoms with Crippen molar-refractivity contribution in [2.45, 2.75) is 28.6 Å². The number of hydrogen-bond donors (Lipinski definition) is 1. The van der Waals surface area contributed by atoms with E-state index in [0.717, 1.165) is 29.4 Å². The van der Waals surface area contributed by atoms with E-state index in [1.807, 2.05) is 11.7 Å². The van der Waals surface area contributed by atoms with Crippen molar-refractivity contribution in [2.75, 3.05) is 13.2 Å². The monoisotopic (exact) mass is 399 g/mol. The average molecular weight is 399 g/mol. The minimum Gasteiger partial charge on any atom is -0.381 e. The van der Waals surface area contributed by atoms with Gasteiger partial charge in [0.15, 0.2) is 0 Å². The molecular formula is C20H21N3O4S. The highest BCUT2D eigenvalue weighted by atomic mass is 32.2. The summed E-state index contributed by atoms with van der Waals surface area (Å²) in [7, 11) is -2.03. The number of aromatic nitrogens is 2. The fourth-order valence-corrected chi connectivity index (χ4v) is 5.34. The predicted molar refractivity (Wildman–Crippen MR) is 104 cm³/mol. The fraction of sp³-hybridized carbons (Fsp3) is 0.300. The Hall–Kier alpha value is -2.71. The first-order valence-electron chi connectivity index (χ1n) is 9.08. The van der Waals surface area contributed by atoms with Crippen molar-refractivity contribution in [3.63, 3.8) is 0 Å². The summed E-state index contributed by atoms with van der Waals surface area (Å²) in [6.07, 6.45) is 1.74. The van der Waals surface area contributed by atoms with Crippen LogP contribution in [-0.4, -0.2) is 37.3 Å². The molecule has 0 aliphatic carbocycles. The molecule has 3 aromatic rings. The van der Waals surface area contributed by atoms with Crippen LogP contribution in [0.15, 0.2) is 52.3 Å². The Kier molecular flexibility index (Phi) is 4.68. The molecule has 0 radical (unpaired) electrons. The Morgan fingerprint density at radius 3 is 2.61 bits per heavy atom. The molecular weight excluding hydrogens is 378 g/mol. The zero-order chi connectivity index (χ0) is 19.9. The zero-order valence-corrected chi connectivity index (χ0v) is 16.3.